The summed E-state index contributed by atoms with van der Waals surface area (Å²) >= 11 is 0. The van der Waals surface area contributed by atoms with Crippen LogP contribution in [0.5, 0.6) is 0 Å². The van der Waals surface area contributed by atoms with Crippen LogP contribution in [-0.2, 0) is 4.74 Å². The Bertz CT molecular complexity index is 357. The van der Waals surface area contributed by atoms with Crippen LogP contribution in [0.4, 0.5) is 5.82 Å². The fourth-order valence-corrected chi connectivity index (χ4v) is 1.25. The first-order valence-electron chi connectivity index (χ1n) is 4.80. The van der Waals surface area contributed by atoms with Crippen molar-refractivity contribution in [3.05, 3.63) is 23.9 Å². The number of methoxy groups -OCH3 is 1. The molecule has 0 aliphatic carbocycles. The van der Waals surface area contributed by atoms with Crippen LogP contribution in [-0.4, -0.2) is 42.4 Å². The quantitative estimate of drug-likeness (QED) is 0.612. The van der Waals surface area contributed by atoms with Crippen LogP contribution in [0.3, 0.4) is 0 Å². The van der Waals surface area contributed by atoms with Gasteiger partial charge in [-0.15, -0.1) is 0 Å². The van der Waals surface area contributed by atoms with Crippen molar-refractivity contribution in [3.8, 4) is 0 Å². The molecule has 0 radical (unpaired) electrons. The van der Waals surface area contributed by atoms with Gasteiger partial charge in [0.05, 0.1) is 24.8 Å². The van der Waals surface area contributed by atoms with E-state index in [-0.39, 0.29) is 18.2 Å². The average Bonchev–Trinajstić information content (AvgIpc) is 2.29. The highest BCUT2D eigenvalue weighted by Gasteiger charge is 2.13. The molecule has 16 heavy (non-hydrogen) atoms. The van der Waals surface area contributed by atoms with E-state index in [9.17, 15) is 4.79 Å². The third-order valence-corrected chi connectivity index (χ3v) is 2.00. The van der Waals surface area contributed by atoms with Gasteiger partial charge in [-0.25, -0.2) is 4.98 Å². The minimum atomic E-state index is -0.565. The molecule has 1 aromatic rings. The predicted molar refractivity (Wildman–Crippen MR) is 59.1 cm³/mol. The zero-order valence-corrected chi connectivity index (χ0v) is 9.01. The minimum Gasteiger partial charge on any atom is -0.394 e. The molecule has 1 aromatic heterocycles. The number of hydrogen-bond donors (Lipinski definition) is 3. The summed E-state index contributed by atoms with van der Waals surface area (Å²) in [7, 11) is 1.53. The number of primary amides is 1. The molecule has 0 saturated heterocycles. The van der Waals surface area contributed by atoms with Crippen molar-refractivity contribution < 1.29 is 14.6 Å². The molecule has 1 amide bonds. The Morgan fingerprint density at radius 3 is 3.06 bits per heavy atom. The van der Waals surface area contributed by atoms with Gasteiger partial charge in [0.1, 0.15) is 5.82 Å². The summed E-state index contributed by atoms with van der Waals surface area (Å²) in [6, 6.07) is 2.87. The number of aromatic nitrogens is 1. The molecule has 6 heteroatoms. The fraction of sp³-hybridized carbons (Fsp3) is 0.400. The van der Waals surface area contributed by atoms with E-state index in [2.05, 4.69) is 10.3 Å². The Hall–Kier alpha value is -1.66. The van der Waals surface area contributed by atoms with E-state index in [1.54, 1.807) is 12.1 Å². The number of amides is 1. The number of aliphatic hydroxyl groups excluding tert-OH is 1. The first kappa shape index (κ1) is 12.4. The molecular formula is C10H15N3O3. The van der Waals surface area contributed by atoms with Gasteiger partial charge in [0.15, 0.2) is 0 Å². The van der Waals surface area contributed by atoms with Crippen molar-refractivity contribution in [3.63, 3.8) is 0 Å². The lowest BCUT2D eigenvalue weighted by Crippen LogP contribution is -2.30. The smallest absolute Gasteiger partial charge is 0.252 e. The summed E-state index contributed by atoms with van der Waals surface area (Å²) in [6.45, 7) is 0.188. The van der Waals surface area contributed by atoms with Crippen molar-refractivity contribution in [2.24, 2.45) is 5.73 Å². The second-order valence-corrected chi connectivity index (χ2v) is 3.24. The number of carbonyl (C=O) groups is 1. The van der Waals surface area contributed by atoms with Gasteiger partial charge in [0.2, 0.25) is 0 Å². The number of nitrogens with zero attached hydrogens (tertiary/aromatic N) is 1. The summed E-state index contributed by atoms with van der Waals surface area (Å²) in [4.78, 5) is 15.1. The van der Waals surface area contributed by atoms with Gasteiger partial charge >= 0.3 is 0 Å². The number of anilines is 1. The van der Waals surface area contributed by atoms with Gasteiger partial charge < -0.3 is 20.9 Å². The maximum Gasteiger partial charge on any atom is 0.252 e. The Labute approximate surface area is 93.4 Å². The SMILES string of the molecule is COCC(CO)Nc1ncccc1C(N)=O. The highest BCUT2D eigenvalue weighted by Crippen LogP contribution is 2.11. The summed E-state index contributed by atoms with van der Waals surface area (Å²) in [6.07, 6.45) is 1.54. The molecule has 0 aliphatic heterocycles. The Kier molecular flexibility index (Phi) is 4.68. The third kappa shape index (κ3) is 3.18. The zero-order valence-electron chi connectivity index (χ0n) is 9.01. The van der Waals surface area contributed by atoms with E-state index in [1.165, 1.54) is 13.3 Å². The second-order valence-electron chi connectivity index (χ2n) is 3.24. The van der Waals surface area contributed by atoms with Gasteiger partial charge in [-0.2, -0.15) is 0 Å². The molecule has 0 bridgehead atoms. The molecule has 0 aromatic carbocycles. The van der Waals surface area contributed by atoms with Crippen molar-refractivity contribution in [1.82, 2.24) is 4.98 Å². The number of hydrogen-bond acceptors (Lipinski definition) is 5. The Balaban J connectivity index is 2.82. The fourth-order valence-electron chi connectivity index (χ4n) is 1.25. The van der Waals surface area contributed by atoms with Gasteiger partial charge in [0, 0.05) is 13.3 Å². The molecule has 88 valence electrons. The molecule has 1 unspecified atom stereocenters. The molecule has 1 heterocycles. The minimum absolute atomic E-state index is 0.122. The van der Waals surface area contributed by atoms with Gasteiger partial charge in [0.25, 0.3) is 5.91 Å². The highest BCUT2D eigenvalue weighted by molar-refractivity contribution is 5.97. The maximum atomic E-state index is 11.1. The number of carbonyl (C=O) groups excluding carboxylic acids is 1. The summed E-state index contributed by atoms with van der Waals surface area (Å²) in [5, 5.41) is 12.0. The zero-order chi connectivity index (χ0) is 12.0. The van der Waals surface area contributed by atoms with E-state index in [0.29, 0.717) is 12.4 Å². The van der Waals surface area contributed by atoms with Crippen molar-refractivity contribution >= 4 is 11.7 Å². The summed E-state index contributed by atoms with van der Waals surface area (Å²) in [5.74, 6) is -0.212. The normalized spacial score (nSPS) is 12.1. The molecular weight excluding hydrogens is 210 g/mol. The maximum absolute atomic E-state index is 11.1. The van der Waals surface area contributed by atoms with Crippen LogP contribution in [0.1, 0.15) is 10.4 Å². The standard InChI is InChI=1S/C10H15N3O3/c1-16-6-7(5-14)13-10-8(9(11)15)3-2-4-12-10/h2-4,7,14H,5-6H2,1H3,(H2,11,15)(H,12,13). The number of nitrogens with one attached hydrogen (secondary N) is 1. The Morgan fingerprint density at radius 1 is 1.75 bits per heavy atom. The molecule has 0 aliphatic rings. The first-order chi connectivity index (χ1) is 7.69. The molecule has 0 spiro atoms. The van der Waals surface area contributed by atoms with Crippen LogP contribution in [0.2, 0.25) is 0 Å². The van der Waals surface area contributed by atoms with Crippen molar-refractivity contribution in [2.75, 3.05) is 25.6 Å². The summed E-state index contributed by atoms with van der Waals surface area (Å²) < 4.78 is 4.90. The van der Waals surface area contributed by atoms with Crippen LogP contribution in [0.25, 0.3) is 0 Å². The van der Waals surface area contributed by atoms with E-state index < -0.39 is 5.91 Å². The van der Waals surface area contributed by atoms with E-state index in [1.807, 2.05) is 0 Å². The van der Waals surface area contributed by atoms with E-state index >= 15 is 0 Å². The third-order valence-electron chi connectivity index (χ3n) is 2.00. The van der Waals surface area contributed by atoms with Crippen LogP contribution in [0, 0.1) is 0 Å². The van der Waals surface area contributed by atoms with E-state index in [4.69, 9.17) is 15.6 Å². The Morgan fingerprint density at radius 2 is 2.50 bits per heavy atom. The largest absolute Gasteiger partial charge is 0.394 e. The number of ether oxygens (including phenoxy) is 1. The first-order valence-corrected chi connectivity index (χ1v) is 4.80. The van der Waals surface area contributed by atoms with Crippen LogP contribution >= 0.6 is 0 Å². The molecule has 0 fully saturated rings. The molecule has 1 atom stereocenters. The van der Waals surface area contributed by atoms with Crippen molar-refractivity contribution in [2.45, 2.75) is 6.04 Å². The molecule has 6 nitrogen and oxygen atoms in total. The monoisotopic (exact) mass is 225 g/mol. The highest BCUT2D eigenvalue weighted by atomic mass is 16.5. The molecule has 0 saturated carbocycles. The molecule has 1 rings (SSSR count). The van der Waals surface area contributed by atoms with Gasteiger partial charge in [-0.1, -0.05) is 0 Å². The number of pyridine rings is 1. The predicted octanol–water partition coefficient (Wildman–Crippen LogP) is -0.400. The number of aliphatic hydroxyl groups is 1. The van der Waals surface area contributed by atoms with Crippen LogP contribution < -0.4 is 11.1 Å². The lowest BCUT2D eigenvalue weighted by Gasteiger charge is -2.17. The molecule has 4 N–H and O–H groups in total. The van der Waals surface area contributed by atoms with Crippen LogP contribution in [0.15, 0.2) is 18.3 Å². The van der Waals surface area contributed by atoms with Gasteiger partial charge in [-0.05, 0) is 12.1 Å². The van der Waals surface area contributed by atoms with Gasteiger partial charge in [-0.3, -0.25) is 4.79 Å². The topological polar surface area (TPSA) is 97.5 Å². The number of rotatable bonds is 6. The lowest BCUT2D eigenvalue weighted by molar-refractivity contribution is 0.1000. The van der Waals surface area contributed by atoms with E-state index in [0.717, 1.165) is 0 Å². The lowest BCUT2D eigenvalue weighted by atomic mass is 10.2. The summed E-state index contributed by atoms with van der Waals surface area (Å²) in [5.41, 5.74) is 5.48. The second kappa shape index (κ2) is 6.04. The van der Waals surface area contributed by atoms with Crippen molar-refractivity contribution in [1.29, 1.82) is 0 Å². The number of nitrogens with two attached hydrogens (primary N) is 1. The average molecular weight is 225 g/mol.